The maximum atomic E-state index is 12.2. The molecular formula is C13H18N2O2. The van der Waals surface area contributed by atoms with Gasteiger partial charge in [-0.3, -0.25) is 9.78 Å². The molecule has 1 aromatic rings. The summed E-state index contributed by atoms with van der Waals surface area (Å²) in [6.45, 7) is 0. The molecule has 1 heterocycles. The Morgan fingerprint density at radius 1 is 1.29 bits per heavy atom. The first-order valence-corrected chi connectivity index (χ1v) is 6.04. The molecule has 0 unspecified atom stereocenters. The maximum Gasteiger partial charge on any atom is 0.229 e. The zero-order valence-electron chi connectivity index (χ0n) is 10.0. The van der Waals surface area contributed by atoms with E-state index in [9.17, 15) is 9.90 Å². The summed E-state index contributed by atoms with van der Waals surface area (Å²) in [4.78, 5) is 17.9. The van der Waals surface area contributed by atoms with Gasteiger partial charge in [0, 0.05) is 31.0 Å². The van der Waals surface area contributed by atoms with E-state index in [1.54, 1.807) is 24.3 Å². The third-order valence-electron chi connectivity index (χ3n) is 3.43. The number of aliphatic hydroxyl groups is 1. The molecule has 0 atom stereocenters. The molecule has 1 aliphatic carbocycles. The average Bonchev–Trinajstić information content (AvgIpc) is 2.39. The minimum Gasteiger partial charge on any atom is -0.393 e. The normalized spacial score (nSPS) is 24.4. The molecule has 0 radical (unpaired) electrons. The van der Waals surface area contributed by atoms with Gasteiger partial charge in [0.05, 0.1) is 6.10 Å². The summed E-state index contributed by atoms with van der Waals surface area (Å²) in [5.41, 5.74) is 0.871. The largest absolute Gasteiger partial charge is 0.393 e. The van der Waals surface area contributed by atoms with Gasteiger partial charge in [-0.15, -0.1) is 0 Å². The van der Waals surface area contributed by atoms with E-state index in [0.29, 0.717) is 0 Å². The molecule has 0 spiro atoms. The number of hydrogen-bond donors (Lipinski definition) is 1. The highest BCUT2D eigenvalue weighted by Gasteiger charge is 2.27. The van der Waals surface area contributed by atoms with Crippen molar-refractivity contribution in [2.45, 2.75) is 31.8 Å². The molecule has 0 aromatic carbocycles. The number of carbonyl (C=O) groups excluding carboxylic acids is 1. The minimum absolute atomic E-state index is 0.0524. The lowest BCUT2D eigenvalue weighted by Gasteiger charge is -2.28. The fraction of sp³-hybridized carbons (Fsp3) is 0.538. The van der Waals surface area contributed by atoms with Crippen molar-refractivity contribution in [3.8, 4) is 0 Å². The topological polar surface area (TPSA) is 53.4 Å². The lowest BCUT2D eigenvalue weighted by Crippen LogP contribution is -2.35. The van der Waals surface area contributed by atoms with Gasteiger partial charge in [-0.05, 0) is 37.8 Å². The van der Waals surface area contributed by atoms with E-state index in [1.165, 1.54) is 0 Å². The van der Waals surface area contributed by atoms with Gasteiger partial charge < -0.3 is 10.0 Å². The van der Waals surface area contributed by atoms with E-state index < -0.39 is 0 Å². The van der Waals surface area contributed by atoms with Crippen LogP contribution in [0.3, 0.4) is 0 Å². The van der Waals surface area contributed by atoms with E-state index in [0.717, 1.165) is 31.4 Å². The van der Waals surface area contributed by atoms with Gasteiger partial charge in [-0.25, -0.2) is 0 Å². The lowest BCUT2D eigenvalue weighted by atomic mass is 9.86. The van der Waals surface area contributed by atoms with Crippen LogP contribution in [0.5, 0.6) is 0 Å². The van der Waals surface area contributed by atoms with Crippen molar-refractivity contribution in [1.82, 2.24) is 4.98 Å². The van der Waals surface area contributed by atoms with Gasteiger partial charge in [0.2, 0.25) is 5.91 Å². The van der Waals surface area contributed by atoms with Crippen LogP contribution in [0.25, 0.3) is 0 Å². The Kier molecular flexibility index (Phi) is 3.74. The van der Waals surface area contributed by atoms with Gasteiger partial charge in [0.25, 0.3) is 0 Å². The summed E-state index contributed by atoms with van der Waals surface area (Å²) in [5.74, 6) is 0.194. The Labute approximate surface area is 101 Å². The Bertz CT molecular complexity index is 372. The molecule has 1 fully saturated rings. The van der Waals surface area contributed by atoms with Crippen molar-refractivity contribution in [3.63, 3.8) is 0 Å². The summed E-state index contributed by atoms with van der Waals surface area (Å²) in [6, 6.07) is 3.66. The van der Waals surface area contributed by atoms with E-state index in [-0.39, 0.29) is 17.9 Å². The quantitative estimate of drug-likeness (QED) is 0.845. The highest BCUT2D eigenvalue weighted by atomic mass is 16.3. The highest BCUT2D eigenvalue weighted by Crippen LogP contribution is 2.27. The summed E-state index contributed by atoms with van der Waals surface area (Å²) < 4.78 is 0. The Balaban J connectivity index is 2.00. The summed E-state index contributed by atoms with van der Waals surface area (Å²) >= 11 is 0. The van der Waals surface area contributed by atoms with Crippen molar-refractivity contribution in [1.29, 1.82) is 0 Å². The first-order valence-electron chi connectivity index (χ1n) is 6.04. The van der Waals surface area contributed by atoms with Crippen LogP contribution in [0.2, 0.25) is 0 Å². The number of hydrogen-bond acceptors (Lipinski definition) is 3. The van der Waals surface area contributed by atoms with Crippen LogP contribution in [0.1, 0.15) is 25.7 Å². The molecule has 17 heavy (non-hydrogen) atoms. The molecule has 0 saturated heterocycles. The van der Waals surface area contributed by atoms with Crippen LogP contribution in [0.15, 0.2) is 24.5 Å². The molecule has 2 rings (SSSR count). The molecule has 1 N–H and O–H groups in total. The maximum absolute atomic E-state index is 12.2. The van der Waals surface area contributed by atoms with Gasteiger partial charge in [-0.1, -0.05) is 0 Å². The van der Waals surface area contributed by atoms with Crippen LogP contribution in [-0.2, 0) is 4.79 Å². The number of rotatable bonds is 2. The second-order valence-electron chi connectivity index (χ2n) is 4.61. The van der Waals surface area contributed by atoms with Crippen molar-refractivity contribution in [3.05, 3.63) is 24.5 Å². The summed E-state index contributed by atoms with van der Waals surface area (Å²) in [5, 5.41) is 9.43. The molecule has 4 heteroatoms. The molecule has 1 aromatic heterocycles. The molecule has 1 saturated carbocycles. The number of amides is 1. The van der Waals surface area contributed by atoms with E-state index >= 15 is 0 Å². The Morgan fingerprint density at radius 2 is 1.88 bits per heavy atom. The van der Waals surface area contributed by atoms with Gasteiger partial charge in [0.15, 0.2) is 0 Å². The number of aliphatic hydroxyl groups excluding tert-OH is 1. The van der Waals surface area contributed by atoms with Crippen LogP contribution in [-0.4, -0.2) is 29.1 Å². The molecule has 0 aliphatic heterocycles. The average molecular weight is 234 g/mol. The van der Waals surface area contributed by atoms with E-state index in [1.807, 2.05) is 12.1 Å². The van der Waals surface area contributed by atoms with Crippen molar-refractivity contribution in [2.75, 3.05) is 11.9 Å². The van der Waals surface area contributed by atoms with Crippen LogP contribution in [0, 0.1) is 5.92 Å². The van der Waals surface area contributed by atoms with E-state index in [4.69, 9.17) is 0 Å². The molecule has 0 bridgehead atoms. The highest BCUT2D eigenvalue weighted by molar-refractivity contribution is 5.94. The second kappa shape index (κ2) is 5.27. The SMILES string of the molecule is CN(C(=O)C1CCC(O)CC1)c1ccncc1. The van der Waals surface area contributed by atoms with Gasteiger partial charge in [0.1, 0.15) is 0 Å². The standard InChI is InChI=1S/C13H18N2O2/c1-15(11-6-8-14-9-7-11)13(17)10-2-4-12(16)5-3-10/h6-10,12,16H,2-5H2,1H3. The zero-order valence-corrected chi connectivity index (χ0v) is 10.0. The second-order valence-corrected chi connectivity index (χ2v) is 4.61. The lowest BCUT2D eigenvalue weighted by molar-refractivity contribution is -0.123. The number of anilines is 1. The molecule has 1 aliphatic rings. The first kappa shape index (κ1) is 12.0. The van der Waals surface area contributed by atoms with Crippen LogP contribution < -0.4 is 4.90 Å². The van der Waals surface area contributed by atoms with Crippen LogP contribution in [0.4, 0.5) is 5.69 Å². The fourth-order valence-corrected chi connectivity index (χ4v) is 2.29. The third kappa shape index (κ3) is 2.82. The minimum atomic E-state index is -0.217. The van der Waals surface area contributed by atoms with Crippen molar-refractivity contribution in [2.24, 2.45) is 5.92 Å². The Morgan fingerprint density at radius 3 is 2.47 bits per heavy atom. The monoisotopic (exact) mass is 234 g/mol. The fourth-order valence-electron chi connectivity index (χ4n) is 2.29. The predicted molar refractivity (Wildman–Crippen MR) is 65.6 cm³/mol. The number of nitrogens with zero attached hydrogens (tertiary/aromatic N) is 2. The van der Waals surface area contributed by atoms with Crippen molar-refractivity contribution >= 4 is 11.6 Å². The molecule has 92 valence electrons. The molecule has 1 amide bonds. The van der Waals surface area contributed by atoms with E-state index in [2.05, 4.69) is 4.98 Å². The summed E-state index contributed by atoms with van der Waals surface area (Å²) in [6.07, 6.45) is 6.20. The van der Waals surface area contributed by atoms with Crippen LogP contribution >= 0.6 is 0 Å². The number of carbonyl (C=O) groups is 1. The number of aromatic nitrogens is 1. The smallest absolute Gasteiger partial charge is 0.229 e. The Hall–Kier alpha value is -1.42. The van der Waals surface area contributed by atoms with Gasteiger partial charge in [-0.2, -0.15) is 0 Å². The predicted octanol–water partition coefficient (Wildman–Crippen LogP) is 1.60. The first-order chi connectivity index (χ1) is 8.18. The number of pyridine rings is 1. The zero-order chi connectivity index (χ0) is 12.3. The van der Waals surface area contributed by atoms with Gasteiger partial charge >= 0.3 is 0 Å². The third-order valence-corrected chi connectivity index (χ3v) is 3.43. The summed E-state index contributed by atoms with van der Waals surface area (Å²) in [7, 11) is 1.79. The van der Waals surface area contributed by atoms with Crippen molar-refractivity contribution < 1.29 is 9.90 Å². The molecular weight excluding hydrogens is 216 g/mol. The molecule has 4 nitrogen and oxygen atoms in total.